The molecule has 0 radical (unpaired) electrons. The predicted molar refractivity (Wildman–Crippen MR) is 86.2 cm³/mol. The molecule has 0 bridgehead atoms. The molecule has 1 rings (SSSR count). The quantitative estimate of drug-likeness (QED) is 0.480. The van der Waals surface area contributed by atoms with Crippen molar-refractivity contribution in [3.63, 3.8) is 0 Å². The fourth-order valence-corrected chi connectivity index (χ4v) is 4.19. The Morgan fingerprint density at radius 3 is 2.14 bits per heavy atom. The lowest BCUT2D eigenvalue weighted by Gasteiger charge is -2.23. The average Bonchev–Trinajstić information content (AvgIpc) is 2.48. The molecule has 124 valence electrons. The second-order valence-electron chi connectivity index (χ2n) is 4.75. The SMILES string of the molecule is CCOC(=O)CC(CP(=O)(OCC)OCC)c1ccccc1. The summed E-state index contributed by atoms with van der Waals surface area (Å²) in [6.45, 7) is 6.25. The molecule has 0 aliphatic carbocycles. The molecule has 0 aliphatic rings. The predicted octanol–water partition coefficient (Wildman–Crippen LogP) is 3.99. The molecule has 22 heavy (non-hydrogen) atoms. The highest BCUT2D eigenvalue weighted by atomic mass is 31.2. The Bertz CT molecular complexity index is 479. The molecular formula is C16H25O5P. The van der Waals surface area contributed by atoms with Gasteiger partial charge in [-0.05, 0) is 26.3 Å². The van der Waals surface area contributed by atoms with E-state index in [4.69, 9.17) is 13.8 Å². The van der Waals surface area contributed by atoms with Crippen LogP contribution in [0.15, 0.2) is 30.3 Å². The van der Waals surface area contributed by atoms with Crippen LogP contribution in [0.2, 0.25) is 0 Å². The summed E-state index contributed by atoms with van der Waals surface area (Å²) >= 11 is 0. The van der Waals surface area contributed by atoms with Crippen LogP contribution in [0.25, 0.3) is 0 Å². The van der Waals surface area contributed by atoms with Crippen molar-refractivity contribution in [3.8, 4) is 0 Å². The van der Waals surface area contributed by atoms with E-state index < -0.39 is 7.60 Å². The second-order valence-corrected chi connectivity index (χ2v) is 6.85. The van der Waals surface area contributed by atoms with Gasteiger partial charge in [-0.1, -0.05) is 30.3 Å². The minimum Gasteiger partial charge on any atom is -0.466 e. The van der Waals surface area contributed by atoms with E-state index in [-0.39, 0.29) is 24.5 Å². The molecule has 6 heteroatoms. The number of hydrogen-bond donors (Lipinski definition) is 0. The number of hydrogen-bond acceptors (Lipinski definition) is 5. The van der Waals surface area contributed by atoms with Gasteiger partial charge in [-0.15, -0.1) is 0 Å². The van der Waals surface area contributed by atoms with Crippen molar-refractivity contribution in [2.75, 3.05) is 26.0 Å². The maximum absolute atomic E-state index is 12.7. The summed E-state index contributed by atoms with van der Waals surface area (Å²) in [4.78, 5) is 11.8. The van der Waals surface area contributed by atoms with Crippen molar-refractivity contribution >= 4 is 13.6 Å². The molecule has 0 N–H and O–H groups in total. The molecule has 5 nitrogen and oxygen atoms in total. The zero-order chi connectivity index (χ0) is 16.4. The molecule has 0 saturated heterocycles. The van der Waals surface area contributed by atoms with E-state index in [1.807, 2.05) is 30.3 Å². The molecule has 0 amide bonds. The number of rotatable bonds is 10. The molecule has 1 aromatic rings. The van der Waals surface area contributed by atoms with Gasteiger partial charge in [0.15, 0.2) is 0 Å². The highest BCUT2D eigenvalue weighted by molar-refractivity contribution is 7.53. The lowest BCUT2D eigenvalue weighted by molar-refractivity contribution is -0.143. The lowest BCUT2D eigenvalue weighted by atomic mass is 9.98. The molecule has 0 aliphatic heterocycles. The van der Waals surface area contributed by atoms with Crippen LogP contribution >= 0.6 is 7.60 Å². The minimum atomic E-state index is -3.22. The number of esters is 1. The van der Waals surface area contributed by atoms with Crippen molar-refractivity contribution in [2.24, 2.45) is 0 Å². The molecule has 1 atom stereocenters. The zero-order valence-corrected chi connectivity index (χ0v) is 14.4. The van der Waals surface area contributed by atoms with Gasteiger partial charge in [0.05, 0.1) is 32.4 Å². The van der Waals surface area contributed by atoms with Gasteiger partial charge in [0, 0.05) is 5.92 Å². The smallest absolute Gasteiger partial charge is 0.331 e. The Morgan fingerprint density at radius 1 is 1.05 bits per heavy atom. The van der Waals surface area contributed by atoms with Crippen molar-refractivity contribution in [1.82, 2.24) is 0 Å². The molecule has 1 unspecified atom stereocenters. The van der Waals surface area contributed by atoms with Crippen LogP contribution in [0.4, 0.5) is 0 Å². The van der Waals surface area contributed by atoms with E-state index in [0.717, 1.165) is 5.56 Å². The number of ether oxygens (including phenoxy) is 1. The highest BCUT2D eigenvalue weighted by Crippen LogP contribution is 2.51. The summed E-state index contributed by atoms with van der Waals surface area (Å²) in [6, 6.07) is 9.49. The van der Waals surface area contributed by atoms with Crippen LogP contribution in [0.1, 0.15) is 38.7 Å². The number of benzene rings is 1. The number of carbonyl (C=O) groups is 1. The molecule has 0 heterocycles. The average molecular weight is 328 g/mol. The zero-order valence-electron chi connectivity index (χ0n) is 13.5. The summed E-state index contributed by atoms with van der Waals surface area (Å²) in [5.41, 5.74) is 0.926. The normalized spacial score (nSPS) is 12.9. The fraction of sp³-hybridized carbons (Fsp3) is 0.562. The van der Waals surface area contributed by atoms with Crippen molar-refractivity contribution in [1.29, 1.82) is 0 Å². The molecule has 0 fully saturated rings. The molecule has 0 saturated carbocycles. The van der Waals surface area contributed by atoms with Gasteiger partial charge < -0.3 is 13.8 Å². The van der Waals surface area contributed by atoms with Crippen LogP contribution in [0.3, 0.4) is 0 Å². The summed E-state index contributed by atoms with van der Waals surface area (Å²) < 4.78 is 28.4. The first-order chi connectivity index (χ1) is 10.5. The third kappa shape index (κ3) is 6.30. The van der Waals surface area contributed by atoms with Crippen molar-refractivity contribution in [2.45, 2.75) is 33.1 Å². The molecule has 1 aromatic carbocycles. The highest BCUT2D eigenvalue weighted by Gasteiger charge is 2.31. The topological polar surface area (TPSA) is 61.8 Å². The first-order valence-electron chi connectivity index (χ1n) is 7.63. The third-order valence-electron chi connectivity index (χ3n) is 3.08. The second kappa shape index (κ2) is 9.78. The Labute approximate surface area is 132 Å². The van der Waals surface area contributed by atoms with Gasteiger partial charge >= 0.3 is 13.6 Å². The van der Waals surface area contributed by atoms with Crippen molar-refractivity contribution < 1.29 is 23.1 Å². The Morgan fingerprint density at radius 2 is 1.64 bits per heavy atom. The Balaban J connectivity index is 2.94. The van der Waals surface area contributed by atoms with E-state index in [2.05, 4.69) is 0 Å². The van der Waals surface area contributed by atoms with Crippen LogP contribution in [0.5, 0.6) is 0 Å². The molecule has 0 aromatic heterocycles. The van der Waals surface area contributed by atoms with Crippen LogP contribution in [-0.4, -0.2) is 32.0 Å². The maximum atomic E-state index is 12.7. The first kappa shape index (κ1) is 18.9. The third-order valence-corrected chi connectivity index (χ3v) is 5.28. The first-order valence-corrected chi connectivity index (χ1v) is 9.36. The van der Waals surface area contributed by atoms with Crippen LogP contribution in [0, 0.1) is 0 Å². The van der Waals surface area contributed by atoms with Gasteiger partial charge in [-0.25, -0.2) is 0 Å². The Hall–Kier alpha value is -1.16. The van der Waals surface area contributed by atoms with E-state index in [0.29, 0.717) is 19.8 Å². The standard InChI is InChI=1S/C16H25O5P/c1-4-19-16(17)12-15(14-10-8-7-9-11-14)13-22(18,20-5-2)21-6-3/h7-11,15H,4-6,12-13H2,1-3H3. The van der Waals surface area contributed by atoms with Crippen LogP contribution in [-0.2, 0) is 23.1 Å². The van der Waals surface area contributed by atoms with E-state index in [1.54, 1.807) is 20.8 Å². The molecule has 0 spiro atoms. The van der Waals surface area contributed by atoms with E-state index in [1.165, 1.54) is 0 Å². The summed E-state index contributed by atoms with van der Waals surface area (Å²) in [7, 11) is -3.22. The Kier molecular flexibility index (Phi) is 8.39. The number of carbonyl (C=O) groups excluding carboxylic acids is 1. The van der Waals surface area contributed by atoms with E-state index in [9.17, 15) is 9.36 Å². The summed E-state index contributed by atoms with van der Waals surface area (Å²) in [5.74, 6) is -0.569. The van der Waals surface area contributed by atoms with E-state index >= 15 is 0 Å². The maximum Gasteiger partial charge on any atom is 0.331 e. The lowest BCUT2D eigenvalue weighted by Crippen LogP contribution is -2.15. The monoisotopic (exact) mass is 328 g/mol. The summed E-state index contributed by atoms with van der Waals surface area (Å²) in [5, 5.41) is 0. The molecular weight excluding hydrogens is 303 g/mol. The van der Waals surface area contributed by atoms with Crippen molar-refractivity contribution in [3.05, 3.63) is 35.9 Å². The van der Waals surface area contributed by atoms with Gasteiger partial charge in [-0.3, -0.25) is 9.36 Å². The van der Waals surface area contributed by atoms with Gasteiger partial charge in [0.2, 0.25) is 0 Å². The summed E-state index contributed by atoms with van der Waals surface area (Å²) in [6.07, 6.45) is 0.319. The minimum absolute atomic E-state index is 0.155. The largest absolute Gasteiger partial charge is 0.466 e. The van der Waals surface area contributed by atoms with Gasteiger partial charge in [-0.2, -0.15) is 0 Å². The van der Waals surface area contributed by atoms with Crippen LogP contribution < -0.4 is 0 Å². The fourth-order valence-electron chi connectivity index (χ4n) is 2.24. The van der Waals surface area contributed by atoms with Gasteiger partial charge in [0.25, 0.3) is 0 Å². The van der Waals surface area contributed by atoms with Gasteiger partial charge in [0.1, 0.15) is 0 Å².